The van der Waals surface area contributed by atoms with Gasteiger partial charge in [0.2, 0.25) is 11.8 Å². The van der Waals surface area contributed by atoms with Crippen molar-refractivity contribution in [1.29, 1.82) is 0 Å². The van der Waals surface area contributed by atoms with Crippen molar-refractivity contribution < 1.29 is 18.8 Å². The molecule has 7 heteroatoms. The van der Waals surface area contributed by atoms with Gasteiger partial charge in [-0.05, 0) is 49.6 Å². The van der Waals surface area contributed by atoms with E-state index in [1.807, 2.05) is 63.2 Å². The van der Waals surface area contributed by atoms with Gasteiger partial charge in [-0.2, -0.15) is 0 Å². The number of benzene rings is 2. The van der Waals surface area contributed by atoms with E-state index in [0.29, 0.717) is 0 Å². The van der Waals surface area contributed by atoms with Crippen LogP contribution >= 0.6 is 0 Å². The van der Waals surface area contributed by atoms with Crippen LogP contribution in [0.25, 0.3) is 0 Å². The second kappa shape index (κ2) is 10.4. The summed E-state index contributed by atoms with van der Waals surface area (Å²) in [4.78, 5) is 37.7. The standard InChI is InChI=1S/C25H27N3O4/c1-16-12-17(2)23(18(3)13-16)28-22(29)15-26-24(30)20(14-19-8-5-4-6-9-19)27-25(31)21-10-7-11-32-21/h4-13,20H,14-15H2,1-3H3,(H,26,30)(H,27,31)(H,28,29). The van der Waals surface area contributed by atoms with Crippen LogP contribution in [0.1, 0.15) is 32.8 Å². The predicted molar refractivity (Wildman–Crippen MR) is 122 cm³/mol. The van der Waals surface area contributed by atoms with E-state index < -0.39 is 17.9 Å². The number of amides is 3. The van der Waals surface area contributed by atoms with Crippen LogP contribution in [0.15, 0.2) is 65.3 Å². The third kappa shape index (κ3) is 6.07. The molecule has 0 aliphatic carbocycles. The summed E-state index contributed by atoms with van der Waals surface area (Å²) in [6, 6.07) is 15.6. The van der Waals surface area contributed by atoms with Gasteiger partial charge < -0.3 is 20.4 Å². The maximum absolute atomic E-state index is 12.9. The number of rotatable bonds is 8. The molecule has 1 unspecified atom stereocenters. The molecule has 7 nitrogen and oxygen atoms in total. The summed E-state index contributed by atoms with van der Waals surface area (Å²) in [7, 11) is 0. The highest BCUT2D eigenvalue weighted by Crippen LogP contribution is 2.21. The van der Waals surface area contributed by atoms with E-state index in [4.69, 9.17) is 4.42 Å². The molecule has 0 saturated carbocycles. The Kier molecular flexibility index (Phi) is 7.44. The minimum absolute atomic E-state index is 0.110. The molecule has 3 rings (SSSR count). The van der Waals surface area contributed by atoms with Crippen molar-refractivity contribution in [2.45, 2.75) is 33.2 Å². The second-order valence-electron chi connectivity index (χ2n) is 7.73. The van der Waals surface area contributed by atoms with E-state index >= 15 is 0 Å². The Morgan fingerprint density at radius 2 is 1.62 bits per heavy atom. The first-order valence-corrected chi connectivity index (χ1v) is 10.4. The number of furan rings is 1. The summed E-state index contributed by atoms with van der Waals surface area (Å²) >= 11 is 0. The molecule has 3 N–H and O–H groups in total. The number of anilines is 1. The summed E-state index contributed by atoms with van der Waals surface area (Å²) < 4.78 is 5.11. The van der Waals surface area contributed by atoms with E-state index in [1.54, 1.807) is 6.07 Å². The molecule has 0 radical (unpaired) electrons. The van der Waals surface area contributed by atoms with Crippen LogP contribution in [-0.2, 0) is 16.0 Å². The highest BCUT2D eigenvalue weighted by atomic mass is 16.3. The van der Waals surface area contributed by atoms with Crippen LogP contribution in [0.4, 0.5) is 5.69 Å². The van der Waals surface area contributed by atoms with Crippen molar-refractivity contribution in [2.24, 2.45) is 0 Å². The highest BCUT2D eigenvalue weighted by Gasteiger charge is 2.23. The monoisotopic (exact) mass is 433 g/mol. The Morgan fingerprint density at radius 1 is 0.938 bits per heavy atom. The van der Waals surface area contributed by atoms with E-state index in [-0.39, 0.29) is 24.6 Å². The van der Waals surface area contributed by atoms with Crippen molar-refractivity contribution >= 4 is 23.4 Å². The molecule has 1 heterocycles. The van der Waals surface area contributed by atoms with Crippen molar-refractivity contribution in [3.8, 4) is 0 Å². The Balaban J connectivity index is 1.65. The van der Waals surface area contributed by atoms with Crippen molar-refractivity contribution in [1.82, 2.24) is 10.6 Å². The average Bonchev–Trinajstić information content (AvgIpc) is 3.30. The third-order valence-corrected chi connectivity index (χ3v) is 5.01. The van der Waals surface area contributed by atoms with Crippen LogP contribution in [0, 0.1) is 20.8 Å². The minimum Gasteiger partial charge on any atom is -0.459 e. The minimum atomic E-state index is -0.870. The molecular formula is C25H27N3O4. The lowest BCUT2D eigenvalue weighted by atomic mass is 10.0. The molecule has 0 saturated heterocycles. The lowest BCUT2D eigenvalue weighted by molar-refractivity contribution is -0.125. The Labute approximate surface area is 187 Å². The first-order chi connectivity index (χ1) is 15.3. The molecule has 3 aromatic rings. The van der Waals surface area contributed by atoms with Gasteiger partial charge in [-0.3, -0.25) is 14.4 Å². The largest absolute Gasteiger partial charge is 0.459 e. The number of carbonyl (C=O) groups is 3. The van der Waals surface area contributed by atoms with E-state index in [9.17, 15) is 14.4 Å². The molecular weight excluding hydrogens is 406 g/mol. The van der Waals surface area contributed by atoms with Gasteiger partial charge in [-0.15, -0.1) is 0 Å². The van der Waals surface area contributed by atoms with Gasteiger partial charge in [0.25, 0.3) is 5.91 Å². The summed E-state index contributed by atoms with van der Waals surface area (Å²) in [5, 5.41) is 8.17. The van der Waals surface area contributed by atoms with Gasteiger partial charge in [0.05, 0.1) is 12.8 Å². The Bertz CT molecular complexity index is 1070. The number of aryl methyl sites for hydroxylation is 3. The van der Waals surface area contributed by atoms with Gasteiger partial charge in [-0.1, -0.05) is 48.0 Å². The molecule has 1 aromatic heterocycles. The van der Waals surface area contributed by atoms with E-state index in [2.05, 4.69) is 16.0 Å². The van der Waals surface area contributed by atoms with Gasteiger partial charge in [0.15, 0.2) is 5.76 Å². The smallest absolute Gasteiger partial charge is 0.287 e. The number of hydrogen-bond donors (Lipinski definition) is 3. The fourth-order valence-corrected chi connectivity index (χ4v) is 3.55. The van der Waals surface area contributed by atoms with E-state index in [1.165, 1.54) is 12.3 Å². The van der Waals surface area contributed by atoms with Crippen LogP contribution in [-0.4, -0.2) is 30.3 Å². The number of nitrogens with one attached hydrogen (secondary N) is 3. The Morgan fingerprint density at radius 3 is 2.25 bits per heavy atom. The Hall–Kier alpha value is -3.87. The zero-order chi connectivity index (χ0) is 23.1. The maximum atomic E-state index is 12.9. The quantitative estimate of drug-likeness (QED) is 0.507. The normalized spacial score (nSPS) is 11.5. The molecule has 0 aliphatic heterocycles. The van der Waals surface area contributed by atoms with Gasteiger partial charge in [0.1, 0.15) is 6.04 Å². The summed E-state index contributed by atoms with van der Waals surface area (Å²) in [6.07, 6.45) is 1.66. The van der Waals surface area contributed by atoms with Gasteiger partial charge in [0, 0.05) is 12.1 Å². The molecule has 1 atom stereocenters. The maximum Gasteiger partial charge on any atom is 0.287 e. The van der Waals surface area contributed by atoms with Crippen LogP contribution in [0.3, 0.4) is 0 Å². The predicted octanol–water partition coefficient (Wildman–Crippen LogP) is 3.30. The lowest BCUT2D eigenvalue weighted by Gasteiger charge is -2.18. The molecule has 3 amide bonds. The average molecular weight is 434 g/mol. The summed E-state index contributed by atoms with van der Waals surface area (Å²) in [6.45, 7) is 5.63. The van der Waals surface area contributed by atoms with Crippen LogP contribution in [0.5, 0.6) is 0 Å². The number of carbonyl (C=O) groups excluding carboxylic acids is 3. The highest BCUT2D eigenvalue weighted by molar-refractivity contribution is 5.98. The summed E-state index contributed by atoms with van der Waals surface area (Å²) in [5.74, 6) is -1.19. The topological polar surface area (TPSA) is 100 Å². The summed E-state index contributed by atoms with van der Waals surface area (Å²) in [5.41, 5.74) is 4.64. The molecule has 166 valence electrons. The molecule has 0 bridgehead atoms. The molecule has 0 spiro atoms. The van der Waals surface area contributed by atoms with Crippen molar-refractivity contribution in [3.63, 3.8) is 0 Å². The zero-order valence-corrected chi connectivity index (χ0v) is 18.4. The van der Waals surface area contributed by atoms with E-state index in [0.717, 1.165) is 27.9 Å². The van der Waals surface area contributed by atoms with Crippen LogP contribution in [0.2, 0.25) is 0 Å². The SMILES string of the molecule is Cc1cc(C)c(NC(=O)CNC(=O)C(Cc2ccccc2)NC(=O)c2ccco2)c(C)c1. The fourth-order valence-electron chi connectivity index (χ4n) is 3.55. The second-order valence-corrected chi connectivity index (χ2v) is 7.73. The van der Waals surface area contributed by atoms with Crippen molar-refractivity contribution in [3.05, 3.63) is 88.9 Å². The number of hydrogen-bond acceptors (Lipinski definition) is 4. The van der Waals surface area contributed by atoms with Crippen LogP contribution < -0.4 is 16.0 Å². The van der Waals surface area contributed by atoms with Gasteiger partial charge in [-0.25, -0.2) is 0 Å². The third-order valence-electron chi connectivity index (χ3n) is 5.01. The first-order valence-electron chi connectivity index (χ1n) is 10.4. The first kappa shape index (κ1) is 22.8. The zero-order valence-electron chi connectivity index (χ0n) is 18.4. The molecule has 0 fully saturated rings. The molecule has 2 aromatic carbocycles. The van der Waals surface area contributed by atoms with Gasteiger partial charge >= 0.3 is 0 Å². The van der Waals surface area contributed by atoms with Crippen molar-refractivity contribution in [2.75, 3.05) is 11.9 Å². The fraction of sp³-hybridized carbons (Fsp3) is 0.240. The molecule has 32 heavy (non-hydrogen) atoms. The lowest BCUT2D eigenvalue weighted by Crippen LogP contribution is -2.49. The molecule has 0 aliphatic rings.